The molecule has 2 N–H and O–H groups in total. The molecule has 4 aromatic rings. The summed E-state index contributed by atoms with van der Waals surface area (Å²) in [5.74, 6) is -0.824. The minimum absolute atomic E-state index is 0.244. The Balaban J connectivity index is 1.63. The first kappa shape index (κ1) is 18.3. The van der Waals surface area contributed by atoms with Crippen molar-refractivity contribution in [3.8, 4) is 0 Å². The van der Waals surface area contributed by atoms with Crippen molar-refractivity contribution < 1.29 is 9.59 Å². The highest BCUT2D eigenvalue weighted by molar-refractivity contribution is 6.13. The first-order valence-electron chi connectivity index (χ1n) is 8.95. The molecule has 4 aromatic heterocycles. The van der Waals surface area contributed by atoms with E-state index in [9.17, 15) is 9.59 Å². The van der Waals surface area contributed by atoms with E-state index in [1.807, 2.05) is 13.8 Å². The molecule has 11 nitrogen and oxygen atoms in total. The van der Waals surface area contributed by atoms with E-state index < -0.39 is 11.8 Å². The number of carbonyl (C=O) groups excluding carboxylic acids is 2. The Morgan fingerprint density at radius 3 is 2.52 bits per heavy atom. The Morgan fingerprint density at radius 1 is 1.03 bits per heavy atom. The molecule has 0 saturated carbocycles. The summed E-state index contributed by atoms with van der Waals surface area (Å²) in [5, 5.41) is 18.0. The number of fused-ring (bicyclic) bond motifs is 1. The zero-order valence-corrected chi connectivity index (χ0v) is 16.1. The molecule has 0 radical (unpaired) electrons. The van der Waals surface area contributed by atoms with E-state index in [4.69, 9.17) is 0 Å². The molecule has 148 valence electrons. The van der Waals surface area contributed by atoms with Gasteiger partial charge in [-0.05, 0) is 19.9 Å². The lowest BCUT2D eigenvalue weighted by Gasteiger charge is -2.09. The molecule has 0 aromatic carbocycles. The number of aromatic nitrogens is 7. The second kappa shape index (κ2) is 7.19. The second-order valence-electron chi connectivity index (χ2n) is 6.34. The van der Waals surface area contributed by atoms with Gasteiger partial charge in [0.2, 0.25) is 0 Å². The summed E-state index contributed by atoms with van der Waals surface area (Å²) in [7, 11) is 1.79. The molecular weight excluding hydrogens is 374 g/mol. The van der Waals surface area contributed by atoms with Gasteiger partial charge in [-0.2, -0.15) is 15.3 Å². The summed E-state index contributed by atoms with van der Waals surface area (Å²) in [6, 6.07) is 1.72. The van der Waals surface area contributed by atoms with E-state index in [-0.39, 0.29) is 5.69 Å². The Kier molecular flexibility index (Phi) is 4.55. The zero-order valence-electron chi connectivity index (χ0n) is 16.1. The summed E-state index contributed by atoms with van der Waals surface area (Å²) in [4.78, 5) is 29.9. The van der Waals surface area contributed by atoms with E-state index in [2.05, 4.69) is 30.9 Å². The van der Waals surface area contributed by atoms with Gasteiger partial charge in [0.15, 0.2) is 5.65 Å². The average molecular weight is 393 g/mol. The molecule has 2 amide bonds. The number of hydrogen-bond donors (Lipinski definition) is 2. The van der Waals surface area contributed by atoms with Crippen molar-refractivity contribution in [2.75, 3.05) is 10.6 Å². The number of nitrogens with zero attached hydrogens (tertiary/aromatic N) is 7. The second-order valence-corrected chi connectivity index (χ2v) is 6.34. The fourth-order valence-corrected chi connectivity index (χ4v) is 2.94. The highest BCUT2D eigenvalue weighted by atomic mass is 16.2. The maximum Gasteiger partial charge on any atom is 0.276 e. The van der Waals surface area contributed by atoms with Crippen molar-refractivity contribution in [1.82, 2.24) is 34.2 Å². The van der Waals surface area contributed by atoms with Crippen molar-refractivity contribution in [3.63, 3.8) is 0 Å². The van der Waals surface area contributed by atoms with Crippen molar-refractivity contribution in [2.45, 2.75) is 20.4 Å². The van der Waals surface area contributed by atoms with Gasteiger partial charge in [-0.3, -0.25) is 19.0 Å². The predicted molar refractivity (Wildman–Crippen MR) is 105 cm³/mol. The highest BCUT2D eigenvalue weighted by Gasteiger charge is 2.23. The van der Waals surface area contributed by atoms with E-state index in [0.29, 0.717) is 29.1 Å². The molecule has 29 heavy (non-hydrogen) atoms. The van der Waals surface area contributed by atoms with Crippen molar-refractivity contribution in [1.29, 1.82) is 0 Å². The smallest absolute Gasteiger partial charge is 0.276 e. The molecule has 4 rings (SSSR count). The third-order valence-corrected chi connectivity index (χ3v) is 4.61. The van der Waals surface area contributed by atoms with Crippen LogP contribution in [0, 0.1) is 6.92 Å². The maximum absolute atomic E-state index is 12.9. The fraction of sp³-hybridized carbons (Fsp3) is 0.222. The van der Waals surface area contributed by atoms with Crippen LogP contribution in [0.1, 0.15) is 33.5 Å². The molecule has 11 heteroatoms. The van der Waals surface area contributed by atoms with Crippen LogP contribution in [0.5, 0.6) is 0 Å². The van der Waals surface area contributed by atoms with Crippen LogP contribution in [-0.2, 0) is 13.6 Å². The highest BCUT2D eigenvalue weighted by Crippen LogP contribution is 2.20. The largest absolute Gasteiger partial charge is 0.318 e. The van der Waals surface area contributed by atoms with Gasteiger partial charge in [0, 0.05) is 26.0 Å². The normalized spacial score (nSPS) is 11.0. The first-order chi connectivity index (χ1) is 14.0. The number of aryl methyl sites for hydroxylation is 2. The number of rotatable bonds is 5. The summed E-state index contributed by atoms with van der Waals surface area (Å²) in [6.45, 7) is 4.17. The van der Waals surface area contributed by atoms with Crippen LogP contribution in [0.25, 0.3) is 5.65 Å². The van der Waals surface area contributed by atoms with Gasteiger partial charge in [-0.15, -0.1) is 0 Å². The zero-order chi connectivity index (χ0) is 20.5. The summed E-state index contributed by atoms with van der Waals surface area (Å²) < 4.78 is 4.68. The monoisotopic (exact) mass is 393 g/mol. The van der Waals surface area contributed by atoms with Crippen LogP contribution >= 0.6 is 0 Å². The molecule has 0 aliphatic rings. The molecule has 0 bridgehead atoms. The SMILES string of the molecule is CCn1ncc(NC(=O)c2cnn3cccnc23)c1C(=O)Nc1cnn(C)c1C. The third-order valence-electron chi connectivity index (χ3n) is 4.61. The van der Waals surface area contributed by atoms with Crippen LogP contribution in [0.15, 0.2) is 37.1 Å². The Bertz CT molecular complexity index is 1220. The molecule has 0 saturated heterocycles. The number of amides is 2. The molecule has 0 spiro atoms. The van der Waals surface area contributed by atoms with E-state index in [1.54, 1.807) is 36.4 Å². The van der Waals surface area contributed by atoms with Gasteiger partial charge in [-0.1, -0.05) is 0 Å². The van der Waals surface area contributed by atoms with Crippen LogP contribution in [0.4, 0.5) is 11.4 Å². The quantitative estimate of drug-likeness (QED) is 0.529. The van der Waals surface area contributed by atoms with Crippen LogP contribution in [-0.4, -0.2) is 46.0 Å². The lowest BCUT2D eigenvalue weighted by Crippen LogP contribution is -2.21. The number of hydrogen-bond acceptors (Lipinski definition) is 6. The van der Waals surface area contributed by atoms with Gasteiger partial charge in [-0.25, -0.2) is 9.50 Å². The standard InChI is InChI=1S/C18H19N9O2/c1-4-26-15(18(29)23-13-9-20-25(3)11(13)2)14(10-22-26)24-17(28)12-8-21-27-7-5-6-19-16(12)27/h5-10H,4H2,1-3H3,(H,23,29)(H,24,28). The van der Waals surface area contributed by atoms with Crippen molar-refractivity contribution in [3.05, 3.63) is 54.0 Å². The van der Waals surface area contributed by atoms with Crippen LogP contribution < -0.4 is 10.6 Å². The third kappa shape index (κ3) is 3.22. The minimum atomic E-state index is -0.430. The van der Waals surface area contributed by atoms with Crippen molar-refractivity contribution >= 4 is 28.8 Å². The van der Waals surface area contributed by atoms with E-state index in [1.165, 1.54) is 21.6 Å². The molecular formula is C18H19N9O2. The summed E-state index contributed by atoms with van der Waals surface area (Å²) >= 11 is 0. The van der Waals surface area contributed by atoms with Gasteiger partial charge >= 0.3 is 0 Å². The van der Waals surface area contributed by atoms with E-state index in [0.717, 1.165) is 5.69 Å². The van der Waals surface area contributed by atoms with E-state index >= 15 is 0 Å². The van der Waals surface area contributed by atoms with Gasteiger partial charge < -0.3 is 10.6 Å². The van der Waals surface area contributed by atoms with Crippen molar-refractivity contribution in [2.24, 2.45) is 7.05 Å². The Labute approximate surface area is 165 Å². The van der Waals surface area contributed by atoms with Crippen LogP contribution in [0.3, 0.4) is 0 Å². The average Bonchev–Trinajstić information content (AvgIpc) is 3.41. The molecule has 0 atom stereocenters. The lowest BCUT2D eigenvalue weighted by atomic mass is 10.2. The minimum Gasteiger partial charge on any atom is -0.318 e. The molecule has 0 aliphatic heterocycles. The number of carbonyl (C=O) groups is 2. The summed E-state index contributed by atoms with van der Waals surface area (Å²) in [5.41, 5.74) is 2.66. The molecule has 0 unspecified atom stereocenters. The molecule has 4 heterocycles. The Morgan fingerprint density at radius 2 is 1.79 bits per heavy atom. The molecule has 0 aliphatic carbocycles. The van der Waals surface area contributed by atoms with Crippen LogP contribution in [0.2, 0.25) is 0 Å². The molecule has 0 fully saturated rings. The summed E-state index contributed by atoms with van der Waals surface area (Å²) in [6.07, 6.45) is 7.73. The number of anilines is 2. The Hall–Kier alpha value is -4.02. The topological polar surface area (TPSA) is 124 Å². The fourth-order valence-electron chi connectivity index (χ4n) is 2.94. The first-order valence-corrected chi connectivity index (χ1v) is 8.95. The van der Waals surface area contributed by atoms with Gasteiger partial charge in [0.1, 0.15) is 11.3 Å². The number of nitrogens with one attached hydrogen (secondary N) is 2. The predicted octanol–water partition coefficient (Wildman–Crippen LogP) is 1.49. The van der Waals surface area contributed by atoms with Gasteiger partial charge in [0.25, 0.3) is 11.8 Å². The van der Waals surface area contributed by atoms with Gasteiger partial charge in [0.05, 0.1) is 35.7 Å². The lowest BCUT2D eigenvalue weighted by molar-refractivity contribution is 0.101. The maximum atomic E-state index is 12.9.